The van der Waals surface area contributed by atoms with Crippen molar-refractivity contribution in [3.8, 4) is 0 Å². The van der Waals surface area contributed by atoms with Crippen LogP contribution in [0.2, 0.25) is 0 Å². The van der Waals surface area contributed by atoms with Crippen LogP contribution in [0.25, 0.3) is 0 Å². The highest BCUT2D eigenvalue weighted by molar-refractivity contribution is 6.08. The maximum Gasteiger partial charge on any atom is 0.329 e. The van der Waals surface area contributed by atoms with E-state index >= 15 is 0 Å². The number of hydrogen-bond acceptors (Lipinski definition) is 9. The predicted octanol–water partition coefficient (Wildman–Crippen LogP) is 3.69. The van der Waals surface area contributed by atoms with Crippen molar-refractivity contribution in [2.45, 2.75) is 46.3 Å². The molecule has 37 heavy (non-hydrogen) atoms. The Morgan fingerprint density at radius 3 is 2.51 bits per heavy atom. The van der Waals surface area contributed by atoms with Crippen LogP contribution in [0.3, 0.4) is 0 Å². The third kappa shape index (κ3) is 6.11. The molecule has 0 aliphatic carbocycles. The summed E-state index contributed by atoms with van der Waals surface area (Å²) >= 11 is 0. The first-order valence-corrected chi connectivity index (χ1v) is 11.6. The van der Waals surface area contributed by atoms with Crippen LogP contribution in [0.4, 0.5) is 5.69 Å². The number of non-ortho nitro benzene ring substituents is 1. The molecule has 196 valence electrons. The number of amides is 1. The zero-order valence-corrected chi connectivity index (χ0v) is 21.2. The smallest absolute Gasteiger partial charge is 0.329 e. The summed E-state index contributed by atoms with van der Waals surface area (Å²) in [7, 11) is 1.22. The summed E-state index contributed by atoms with van der Waals surface area (Å²) in [6.45, 7) is 6.64. The number of nitrogens with one attached hydrogen (secondary N) is 1. The minimum Gasteiger partial charge on any atom is -0.468 e. The Morgan fingerprint density at radius 2 is 1.92 bits per heavy atom. The van der Waals surface area contributed by atoms with Gasteiger partial charge in [-0.2, -0.15) is 0 Å². The lowest BCUT2D eigenvalue weighted by atomic mass is 9.75. The van der Waals surface area contributed by atoms with E-state index in [2.05, 4.69) is 10.3 Å². The molecule has 2 aromatic rings. The number of methoxy groups -OCH3 is 1. The lowest BCUT2D eigenvalue weighted by Gasteiger charge is -2.32. The summed E-state index contributed by atoms with van der Waals surface area (Å²) in [6.07, 6.45) is 1.46. The van der Waals surface area contributed by atoms with Crippen LogP contribution in [-0.4, -0.2) is 41.6 Å². The van der Waals surface area contributed by atoms with Crippen molar-refractivity contribution in [2.24, 2.45) is 16.8 Å². The number of nitrogens with zero attached hydrogens (tertiary/aromatic N) is 2. The van der Waals surface area contributed by atoms with Gasteiger partial charge in [0.1, 0.15) is 24.3 Å². The van der Waals surface area contributed by atoms with Gasteiger partial charge in [0.2, 0.25) is 5.91 Å². The van der Waals surface area contributed by atoms with Crippen LogP contribution in [0.5, 0.6) is 0 Å². The maximum absolute atomic E-state index is 13.7. The molecule has 1 aromatic carbocycles. The monoisotopic (exact) mass is 511 g/mol. The number of aliphatic imine (C=N–C) groups is 1. The van der Waals surface area contributed by atoms with Crippen molar-refractivity contribution in [2.75, 3.05) is 7.11 Å². The van der Waals surface area contributed by atoms with Crippen LogP contribution in [-0.2, 0) is 30.5 Å². The van der Waals surface area contributed by atoms with Gasteiger partial charge in [-0.1, -0.05) is 26.0 Å². The minimum atomic E-state index is -1.02. The van der Waals surface area contributed by atoms with E-state index in [0.29, 0.717) is 22.7 Å². The molecule has 11 nitrogen and oxygen atoms in total. The number of rotatable bonds is 9. The molecule has 1 aromatic heterocycles. The van der Waals surface area contributed by atoms with Crippen molar-refractivity contribution >= 4 is 29.2 Å². The van der Waals surface area contributed by atoms with E-state index in [9.17, 15) is 24.5 Å². The van der Waals surface area contributed by atoms with Crippen molar-refractivity contribution in [1.82, 2.24) is 5.32 Å². The van der Waals surface area contributed by atoms with Gasteiger partial charge >= 0.3 is 11.9 Å². The second-order valence-electron chi connectivity index (χ2n) is 8.97. The van der Waals surface area contributed by atoms with E-state index < -0.39 is 40.6 Å². The van der Waals surface area contributed by atoms with Gasteiger partial charge in [-0.3, -0.25) is 24.7 Å². The fraction of sp³-hybridized carbons (Fsp3) is 0.385. The van der Waals surface area contributed by atoms with Gasteiger partial charge < -0.3 is 19.2 Å². The van der Waals surface area contributed by atoms with Crippen molar-refractivity contribution in [1.29, 1.82) is 0 Å². The third-order valence-corrected chi connectivity index (χ3v) is 6.11. The van der Waals surface area contributed by atoms with Crippen LogP contribution < -0.4 is 5.32 Å². The molecule has 1 aliphatic rings. The Balaban J connectivity index is 1.99. The summed E-state index contributed by atoms with van der Waals surface area (Å²) in [5.41, 5.74) is 0.991. The minimum absolute atomic E-state index is 0.100. The lowest BCUT2D eigenvalue weighted by molar-refractivity contribution is -0.384. The SMILES string of the molecule is COC(=O)C1C(C)=NC(C)=C(C(=O)NC(C(=O)OCc2ccco2)C(C)C)C1c1cccc([N+](=O)[O-])c1. The standard InChI is InChI=1S/C26H29N3O8/c1-14(2)23(26(32)37-13-19-10-7-11-36-19)28-24(30)20-15(3)27-16(4)21(25(31)35-5)22(20)17-8-6-9-18(12-17)29(33)34/h6-12,14,21-23H,13H2,1-5H3,(H,28,30). The molecule has 1 aliphatic heterocycles. The van der Waals surface area contributed by atoms with Crippen LogP contribution in [0, 0.1) is 22.0 Å². The molecule has 0 radical (unpaired) electrons. The molecule has 11 heteroatoms. The lowest BCUT2D eigenvalue weighted by Crippen LogP contribution is -2.48. The van der Waals surface area contributed by atoms with E-state index in [1.165, 1.54) is 31.6 Å². The number of esters is 2. The van der Waals surface area contributed by atoms with Crippen molar-refractivity contribution < 1.29 is 33.2 Å². The number of hydrogen-bond donors (Lipinski definition) is 1. The van der Waals surface area contributed by atoms with Gasteiger partial charge in [0.15, 0.2) is 0 Å². The number of nitro benzene ring substituents is 1. The highest BCUT2D eigenvalue weighted by Crippen LogP contribution is 2.40. The Kier molecular flexibility index (Phi) is 8.59. The molecule has 2 heterocycles. The molecule has 1 amide bonds. The topological polar surface area (TPSA) is 150 Å². The van der Waals surface area contributed by atoms with E-state index in [4.69, 9.17) is 13.9 Å². The average molecular weight is 512 g/mol. The number of nitro groups is 1. The maximum atomic E-state index is 13.7. The number of carbonyl (C=O) groups excluding carboxylic acids is 3. The first kappa shape index (κ1) is 27.3. The summed E-state index contributed by atoms with van der Waals surface area (Å²) in [4.78, 5) is 54.6. The first-order valence-electron chi connectivity index (χ1n) is 11.6. The quantitative estimate of drug-likeness (QED) is 0.304. The Bertz CT molecular complexity index is 1250. The Hall–Kier alpha value is -4.28. The number of benzene rings is 1. The molecule has 3 rings (SSSR count). The van der Waals surface area contributed by atoms with E-state index in [1.807, 2.05) is 0 Å². The van der Waals surface area contributed by atoms with Gasteiger partial charge in [-0.15, -0.1) is 0 Å². The first-order chi connectivity index (χ1) is 17.5. The Labute approximate surface area is 213 Å². The molecule has 3 unspecified atom stereocenters. The van der Waals surface area contributed by atoms with E-state index in [-0.39, 0.29) is 23.8 Å². The molecule has 0 bridgehead atoms. The molecule has 0 spiro atoms. The second kappa shape index (κ2) is 11.6. The van der Waals surface area contributed by atoms with Gasteiger partial charge in [0.25, 0.3) is 5.69 Å². The van der Waals surface area contributed by atoms with Crippen LogP contribution in [0.1, 0.15) is 44.9 Å². The number of ether oxygens (including phenoxy) is 2. The molecule has 0 fully saturated rings. The van der Waals surface area contributed by atoms with E-state index in [1.54, 1.807) is 45.9 Å². The van der Waals surface area contributed by atoms with E-state index in [0.717, 1.165) is 0 Å². The molecule has 0 saturated carbocycles. The number of carbonyl (C=O) groups is 3. The molecule has 1 N–H and O–H groups in total. The van der Waals surface area contributed by atoms with Gasteiger partial charge in [0.05, 0.1) is 18.3 Å². The Morgan fingerprint density at radius 1 is 1.19 bits per heavy atom. The van der Waals surface area contributed by atoms with Crippen molar-refractivity contribution in [3.05, 3.63) is 75.4 Å². The highest BCUT2D eigenvalue weighted by atomic mass is 16.6. The number of allylic oxidation sites excluding steroid dienone is 1. The normalized spacial score (nSPS) is 18.2. The molecule has 3 atom stereocenters. The fourth-order valence-electron chi connectivity index (χ4n) is 4.30. The predicted molar refractivity (Wildman–Crippen MR) is 132 cm³/mol. The van der Waals surface area contributed by atoms with Gasteiger partial charge in [-0.25, -0.2) is 4.79 Å². The molecular formula is C26H29N3O8. The summed E-state index contributed by atoms with van der Waals surface area (Å²) in [5, 5.41) is 14.2. The number of furan rings is 1. The highest BCUT2D eigenvalue weighted by Gasteiger charge is 2.43. The molecular weight excluding hydrogens is 482 g/mol. The zero-order valence-electron chi connectivity index (χ0n) is 21.2. The van der Waals surface area contributed by atoms with Crippen molar-refractivity contribution in [3.63, 3.8) is 0 Å². The van der Waals surface area contributed by atoms with Crippen LogP contribution >= 0.6 is 0 Å². The average Bonchev–Trinajstić information content (AvgIpc) is 3.38. The second-order valence-corrected chi connectivity index (χ2v) is 8.97. The fourth-order valence-corrected chi connectivity index (χ4v) is 4.30. The van der Waals surface area contributed by atoms with Gasteiger partial charge in [-0.05, 0) is 37.5 Å². The third-order valence-electron chi connectivity index (χ3n) is 6.11. The summed E-state index contributed by atoms with van der Waals surface area (Å²) in [6, 6.07) is 8.02. The van der Waals surface area contributed by atoms with Crippen LogP contribution in [0.15, 0.2) is 63.3 Å². The summed E-state index contributed by atoms with van der Waals surface area (Å²) < 4.78 is 15.5. The van der Waals surface area contributed by atoms with Gasteiger partial charge in [0, 0.05) is 35.0 Å². The molecule has 0 saturated heterocycles. The largest absolute Gasteiger partial charge is 0.468 e. The zero-order chi connectivity index (χ0) is 27.3. The summed E-state index contributed by atoms with van der Waals surface area (Å²) in [5.74, 6) is -3.77.